The van der Waals surface area contributed by atoms with E-state index in [2.05, 4.69) is 60.2 Å². The van der Waals surface area contributed by atoms with E-state index >= 15 is 0 Å². The minimum atomic E-state index is -0.181. The molecule has 0 fully saturated rings. The lowest BCUT2D eigenvalue weighted by atomic mass is 10.0. The van der Waals surface area contributed by atoms with Crippen LogP contribution in [0.2, 0.25) is 0 Å². The molecule has 3 rings (SSSR count). The first-order valence-corrected chi connectivity index (χ1v) is 7.91. The molecule has 0 saturated carbocycles. The summed E-state index contributed by atoms with van der Waals surface area (Å²) >= 11 is 3.32. The van der Waals surface area contributed by atoms with Crippen molar-refractivity contribution in [1.29, 1.82) is 0 Å². The highest BCUT2D eigenvalue weighted by Crippen LogP contribution is 2.26. The van der Waals surface area contributed by atoms with Crippen molar-refractivity contribution in [1.82, 2.24) is 25.1 Å². The number of pyridine rings is 1. The number of nitrogens with one attached hydrogen (secondary N) is 1. The SMILES string of the molecule is CC(C)C(Nc1ncc(Br)cn1)c1nc(-c2ccncc2)no1. The number of halogens is 1. The van der Waals surface area contributed by atoms with Gasteiger partial charge in [0, 0.05) is 30.4 Å². The summed E-state index contributed by atoms with van der Waals surface area (Å²) in [4.78, 5) is 16.9. The van der Waals surface area contributed by atoms with Crippen LogP contribution in [-0.4, -0.2) is 25.1 Å². The molecule has 1 unspecified atom stereocenters. The van der Waals surface area contributed by atoms with Crippen LogP contribution in [0.15, 0.2) is 45.9 Å². The van der Waals surface area contributed by atoms with Gasteiger partial charge in [-0.1, -0.05) is 19.0 Å². The van der Waals surface area contributed by atoms with Crippen molar-refractivity contribution in [3.8, 4) is 11.4 Å². The van der Waals surface area contributed by atoms with Crippen molar-refractivity contribution in [3.05, 3.63) is 47.3 Å². The zero-order valence-electron chi connectivity index (χ0n) is 12.6. The Bertz CT molecular complexity index is 759. The van der Waals surface area contributed by atoms with Gasteiger partial charge in [0.2, 0.25) is 17.7 Å². The Kier molecular flexibility index (Phi) is 4.61. The van der Waals surface area contributed by atoms with Gasteiger partial charge >= 0.3 is 0 Å². The van der Waals surface area contributed by atoms with Crippen molar-refractivity contribution in [3.63, 3.8) is 0 Å². The highest BCUT2D eigenvalue weighted by molar-refractivity contribution is 9.10. The summed E-state index contributed by atoms with van der Waals surface area (Å²) in [6.07, 6.45) is 6.75. The van der Waals surface area contributed by atoms with E-state index in [0.29, 0.717) is 17.7 Å². The molecule has 0 aliphatic carbocycles. The minimum absolute atomic E-state index is 0.181. The number of nitrogens with zero attached hydrogens (tertiary/aromatic N) is 5. The van der Waals surface area contributed by atoms with Crippen molar-refractivity contribution >= 4 is 21.9 Å². The Morgan fingerprint density at radius 3 is 2.48 bits per heavy atom. The van der Waals surface area contributed by atoms with Gasteiger partial charge in [0.25, 0.3) is 0 Å². The summed E-state index contributed by atoms with van der Waals surface area (Å²) in [5.74, 6) is 1.76. The highest BCUT2D eigenvalue weighted by Gasteiger charge is 2.23. The van der Waals surface area contributed by atoms with E-state index in [0.717, 1.165) is 10.0 Å². The van der Waals surface area contributed by atoms with E-state index in [-0.39, 0.29) is 12.0 Å². The van der Waals surface area contributed by atoms with Gasteiger partial charge in [-0.25, -0.2) is 9.97 Å². The molecule has 8 heteroatoms. The average Bonchev–Trinajstić information content (AvgIpc) is 3.04. The van der Waals surface area contributed by atoms with Gasteiger partial charge in [-0.15, -0.1) is 0 Å². The van der Waals surface area contributed by atoms with Crippen LogP contribution < -0.4 is 5.32 Å². The summed E-state index contributed by atoms with van der Waals surface area (Å²) in [7, 11) is 0. The molecule has 0 aromatic carbocycles. The summed E-state index contributed by atoms with van der Waals surface area (Å²) < 4.78 is 6.25. The fourth-order valence-corrected chi connectivity index (χ4v) is 2.22. The second-order valence-corrected chi connectivity index (χ2v) is 6.20. The van der Waals surface area contributed by atoms with Gasteiger partial charge in [0.05, 0.1) is 4.47 Å². The largest absolute Gasteiger partial charge is 0.342 e. The van der Waals surface area contributed by atoms with Crippen molar-refractivity contribution < 1.29 is 4.52 Å². The van der Waals surface area contributed by atoms with Gasteiger partial charge in [-0.2, -0.15) is 4.98 Å². The Hall–Kier alpha value is -2.35. The normalized spacial score (nSPS) is 12.3. The Labute approximate surface area is 141 Å². The van der Waals surface area contributed by atoms with Crippen LogP contribution in [0.3, 0.4) is 0 Å². The first-order chi connectivity index (χ1) is 11.1. The lowest BCUT2D eigenvalue weighted by molar-refractivity contribution is 0.335. The topological polar surface area (TPSA) is 89.6 Å². The fraction of sp³-hybridized carbons (Fsp3) is 0.267. The van der Waals surface area contributed by atoms with E-state index in [1.165, 1.54) is 0 Å². The Balaban J connectivity index is 1.84. The number of rotatable bonds is 5. The Morgan fingerprint density at radius 2 is 1.83 bits per heavy atom. The van der Waals surface area contributed by atoms with Crippen LogP contribution in [-0.2, 0) is 0 Å². The van der Waals surface area contributed by atoms with Crippen LogP contribution in [0.4, 0.5) is 5.95 Å². The van der Waals surface area contributed by atoms with E-state index in [4.69, 9.17) is 4.52 Å². The molecule has 0 radical (unpaired) electrons. The van der Waals surface area contributed by atoms with Gasteiger partial charge in [0.15, 0.2) is 0 Å². The maximum absolute atomic E-state index is 5.43. The standard InChI is InChI=1S/C15H15BrN6O/c1-9(2)12(20-15-18-7-11(16)8-19-15)14-21-13(22-23-14)10-3-5-17-6-4-10/h3-9,12H,1-2H3,(H,18,19,20). The third kappa shape index (κ3) is 3.70. The van der Waals surface area contributed by atoms with Crippen LogP contribution >= 0.6 is 15.9 Å². The van der Waals surface area contributed by atoms with Crippen molar-refractivity contribution in [2.45, 2.75) is 19.9 Å². The molecule has 0 bridgehead atoms. The average molecular weight is 375 g/mol. The molecular weight excluding hydrogens is 360 g/mol. The smallest absolute Gasteiger partial charge is 0.249 e. The minimum Gasteiger partial charge on any atom is -0.342 e. The quantitative estimate of drug-likeness (QED) is 0.730. The molecule has 0 aliphatic heterocycles. The van der Waals surface area contributed by atoms with Crippen LogP contribution in [0.1, 0.15) is 25.8 Å². The summed E-state index contributed by atoms with van der Waals surface area (Å²) in [5, 5.41) is 7.28. The maximum Gasteiger partial charge on any atom is 0.249 e. The molecule has 0 spiro atoms. The molecule has 7 nitrogen and oxygen atoms in total. The number of aromatic nitrogens is 5. The predicted molar refractivity (Wildman–Crippen MR) is 88.5 cm³/mol. The third-order valence-electron chi connectivity index (χ3n) is 3.22. The van der Waals surface area contributed by atoms with E-state index < -0.39 is 0 Å². The zero-order valence-corrected chi connectivity index (χ0v) is 14.2. The molecule has 1 atom stereocenters. The molecule has 3 aromatic rings. The van der Waals surface area contributed by atoms with Crippen LogP contribution in [0.5, 0.6) is 0 Å². The van der Waals surface area contributed by atoms with Gasteiger partial charge in [-0.05, 0) is 34.0 Å². The molecule has 0 amide bonds. The fourth-order valence-electron chi connectivity index (χ4n) is 2.02. The second kappa shape index (κ2) is 6.82. The summed E-state index contributed by atoms with van der Waals surface area (Å²) in [6, 6.07) is 3.49. The third-order valence-corrected chi connectivity index (χ3v) is 3.63. The van der Waals surface area contributed by atoms with Crippen molar-refractivity contribution in [2.75, 3.05) is 5.32 Å². The first kappa shape index (κ1) is 15.5. The van der Waals surface area contributed by atoms with E-state index in [1.807, 2.05) is 12.1 Å². The van der Waals surface area contributed by atoms with Gasteiger partial charge in [0.1, 0.15) is 6.04 Å². The Morgan fingerprint density at radius 1 is 1.13 bits per heavy atom. The molecule has 118 valence electrons. The lowest BCUT2D eigenvalue weighted by Crippen LogP contribution is -2.18. The van der Waals surface area contributed by atoms with Crippen LogP contribution in [0, 0.1) is 5.92 Å². The van der Waals surface area contributed by atoms with E-state index in [9.17, 15) is 0 Å². The summed E-state index contributed by atoms with van der Waals surface area (Å²) in [5.41, 5.74) is 0.859. The van der Waals surface area contributed by atoms with Gasteiger partial charge in [-0.3, -0.25) is 4.98 Å². The maximum atomic E-state index is 5.43. The number of anilines is 1. The molecule has 23 heavy (non-hydrogen) atoms. The van der Waals surface area contributed by atoms with Crippen LogP contribution in [0.25, 0.3) is 11.4 Å². The van der Waals surface area contributed by atoms with E-state index in [1.54, 1.807) is 24.8 Å². The molecule has 3 heterocycles. The molecular formula is C15H15BrN6O. The van der Waals surface area contributed by atoms with Crippen molar-refractivity contribution in [2.24, 2.45) is 5.92 Å². The first-order valence-electron chi connectivity index (χ1n) is 7.11. The summed E-state index contributed by atoms with van der Waals surface area (Å²) in [6.45, 7) is 4.12. The zero-order chi connectivity index (χ0) is 16.2. The second-order valence-electron chi connectivity index (χ2n) is 5.28. The highest BCUT2D eigenvalue weighted by atomic mass is 79.9. The molecule has 0 aliphatic rings. The molecule has 1 N–H and O–H groups in total. The number of hydrogen-bond donors (Lipinski definition) is 1. The van der Waals surface area contributed by atoms with Gasteiger partial charge < -0.3 is 9.84 Å². The number of hydrogen-bond acceptors (Lipinski definition) is 7. The lowest BCUT2D eigenvalue weighted by Gasteiger charge is -2.18. The monoisotopic (exact) mass is 374 g/mol. The molecule has 0 saturated heterocycles. The predicted octanol–water partition coefficient (Wildman–Crippen LogP) is 3.49. The molecule has 3 aromatic heterocycles.